The van der Waals surface area contributed by atoms with Crippen LogP contribution in [0.2, 0.25) is 0 Å². The largest absolute Gasteiger partial charge is 0.507 e. The molecule has 1 aliphatic rings. The quantitative estimate of drug-likeness (QED) is 0.444. The maximum Gasteiger partial charge on any atom is 0.295 e. The summed E-state index contributed by atoms with van der Waals surface area (Å²) in [5.74, 6) is -0.708. The Bertz CT molecular complexity index is 904. The lowest BCUT2D eigenvalue weighted by Gasteiger charge is -2.26. The van der Waals surface area contributed by atoms with E-state index in [1.54, 1.807) is 48.4 Å². The van der Waals surface area contributed by atoms with Gasteiger partial charge in [-0.05, 0) is 44.8 Å². The van der Waals surface area contributed by atoms with E-state index in [-0.39, 0.29) is 11.3 Å². The number of hydrogen-bond acceptors (Lipinski definition) is 5. The van der Waals surface area contributed by atoms with Gasteiger partial charge < -0.3 is 19.6 Å². The van der Waals surface area contributed by atoms with Gasteiger partial charge >= 0.3 is 0 Å². The third-order valence-electron chi connectivity index (χ3n) is 5.02. The van der Waals surface area contributed by atoms with Crippen LogP contribution >= 0.6 is 0 Å². The molecular formula is C23H26N2O4. The highest BCUT2D eigenvalue weighted by atomic mass is 16.5. The number of Topliss-reactive ketones (excluding diaryl/α,β-unsaturated/α-hetero) is 1. The van der Waals surface area contributed by atoms with Crippen LogP contribution in [0.1, 0.15) is 23.6 Å². The van der Waals surface area contributed by atoms with Gasteiger partial charge in [0.05, 0.1) is 18.7 Å². The van der Waals surface area contributed by atoms with E-state index in [1.807, 2.05) is 37.2 Å². The highest BCUT2D eigenvalue weighted by molar-refractivity contribution is 6.46. The summed E-state index contributed by atoms with van der Waals surface area (Å²) in [6.45, 7) is 1.21. The number of carbonyl (C=O) groups is 2. The van der Waals surface area contributed by atoms with Crippen molar-refractivity contribution in [3.05, 3.63) is 71.3 Å². The predicted octanol–water partition coefficient (Wildman–Crippen LogP) is 3.07. The standard InChI is InChI=1S/C23H26N2O4/c1-24(2)14-7-15-25-20(16-10-12-18(29-3)13-11-16)19(22(27)23(25)28)21(26)17-8-5-4-6-9-17/h4-6,8-13,20,26H,7,14-15H2,1-3H3/b21-19+. The fourth-order valence-electron chi connectivity index (χ4n) is 3.55. The van der Waals surface area contributed by atoms with Crippen LogP contribution in [0.5, 0.6) is 5.75 Å². The van der Waals surface area contributed by atoms with E-state index in [0.29, 0.717) is 17.9 Å². The third kappa shape index (κ3) is 4.32. The van der Waals surface area contributed by atoms with Crippen molar-refractivity contribution in [2.75, 3.05) is 34.3 Å². The Morgan fingerprint density at radius 1 is 1.07 bits per heavy atom. The first-order chi connectivity index (χ1) is 13.9. The molecule has 6 nitrogen and oxygen atoms in total. The zero-order valence-corrected chi connectivity index (χ0v) is 17.0. The lowest BCUT2D eigenvalue weighted by Crippen LogP contribution is -2.32. The fourth-order valence-corrected chi connectivity index (χ4v) is 3.55. The zero-order valence-electron chi connectivity index (χ0n) is 17.0. The van der Waals surface area contributed by atoms with Crippen molar-refractivity contribution in [3.8, 4) is 5.75 Å². The Hall–Kier alpha value is -3.12. The highest BCUT2D eigenvalue weighted by Gasteiger charge is 2.45. The van der Waals surface area contributed by atoms with Gasteiger partial charge in [-0.3, -0.25) is 9.59 Å². The summed E-state index contributed by atoms with van der Waals surface area (Å²) in [5, 5.41) is 10.9. The molecule has 1 atom stereocenters. The second kappa shape index (κ2) is 8.92. The second-order valence-electron chi connectivity index (χ2n) is 7.29. The maximum absolute atomic E-state index is 12.9. The minimum Gasteiger partial charge on any atom is -0.507 e. The van der Waals surface area contributed by atoms with Gasteiger partial charge in [0.15, 0.2) is 0 Å². The van der Waals surface area contributed by atoms with Crippen LogP contribution in [0.15, 0.2) is 60.2 Å². The highest BCUT2D eigenvalue weighted by Crippen LogP contribution is 2.39. The monoisotopic (exact) mass is 394 g/mol. The molecule has 1 N–H and O–H groups in total. The molecule has 1 aliphatic heterocycles. The van der Waals surface area contributed by atoms with Gasteiger partial charge in [0.2, 0.25) is 0 Å². The summed E-state index contributed by atoms with van der Waals surface area (Å²) in [4.78, 5) is 29.3. The summed E-state index contributed by atoms with van der Waals surface area (Å²) in [7, 11) is 5.51. The van der Waals surface area contributed by atoms with Crippen LogP contribution in [-0.4, -0.2) is 60.9 Å². The van der Waals surface area contributed by atoms with Crippen molar-refractivity contribution in [2.45, 2.75) is 12.5 Å². The van der Waals surface area contributed by atoms with Crippen molar-refractivity contribution >= 4 is 17.4 Å². The van der Waals surface area contributed by atoms with Crippen LogP contribution in [0.25, 0.3) is 5.76 Å². The Morgan fingerprint density at radius 3 is 2.31 bits per heavy atom. The molecule has 0 spiro atoms. The van der Waals surface area contributed by atoms with Crippen molar-refractivity contribution in [1.82, 2.24) is 9.80 Å². The van der Waals surface area contributed by atoms with E-state index in [0.717, 1.165) is 18.5 Å². The van der Waals surface area contributed by atoms with E-state index in [4.69, 9.17) is 4.74 Å². The summed E-state index contributed by atoms with van der Waals surface area (Å²) in [6, 6.07) is 15.4. The summed E-state index contributed by atoms with van der Waals surface area (Å²) in [6.07, 6.45) is 0.720. The molecule has 6 heteroatoms. The van der Waals surface area contributed by atoms with Gasteiger partial charge in [0, 0.05) is 12.1 Å². The molecule has 2 aromatic carbocycles. The van der Waals surface area contributed by atoms with Gasteiger partial charge in [-0.25, -0.2) is 0 Å². The molecule has 0 bridgehead atoms. The van der Waals surface area contributed by atoms with Crippen LogP contribution < -0.4 is 4.74 Å². The third-order valence-corrected chi connectivity index (χ3v) is 5.02. The molecule has 1 amide bonds. The molecule has 0 aliphatic carbocycles. The number of likely N-dealkylation sites (tertiary alicyclic amines) is 1. The molecule has 0 aromatic heterocycles. The second-order valence-corrected chi connectivity index (χ2v) is 7.29. The molecule has 0 radical (unpaired) electrons. The Kier molecular flexibility index (Phi) is 6.34. The lowest BCUT2D eigenvalue weighted by atomic mass is 9.95. The number of nitrogens with zero attached hydrogens (tertiary/aromatic N) is 2. The number of benzene rings is 2. The minimum absolute atomic E-state index is 0.121. The average Bonchev–Trinajstić information content (AvgIpc) is 2.98. The summed E-state index contributed by atoms with van der Waals surface area (Å²) in [5.41, 5.74) is 1.39. The Morgan fingerprint density at radius 2 is 1.72 bits per heavy atom. The average molecular weight is 394 g/mol. The van der Waals surface area contributed by atoms with E-state index in [9.17, 15) is 14.7 Å². The molecule has 29 heavy (non-hydrogen) atoms. The number of aliphatic hydroxyl groups is 1. The molecule has 0 saturated carbocycles. The predicted molar refractivity (Wildman–Crippen MR) is 112 cm³/mol. The maximum atomic E-state index is 12.9. The summed E-state index contributed by atoms with van der Waals surface area (Å²) >= 11 is 0. The normalized spacial score (nSPS) is 18.5. The van der Waals surface area contributed by atoms with Gasteiger partial charge in [0.1, 0.15) is 11.5 Å². The molecular weight excluding hydrogens is 368 g/mol. The molecule has 1 saturated heterocycles. The van der Waals surface area contributed by atoms with Crippen LogP contribution in [-0.2, 0) is 9.59 Å². The van der Waals surface area contributed by atoms with Gasteiger partial charge in [-0.15, -0.1) is 0 Å². The zero-order chi connectivity index (χ0) is 21.0. The topological polar surface area (TPSA) is 70.1 Å². The van der Waals surface area contributed by atoms with Gasteiger partial charge in [-0.1, -0.05) is 42.5 Å². The first-order valence-corrected chi connectivity index (χ1v) is 9.56. The number of methoxy groups -OCH3 is 1. The molecule has 1 fully saturated rings. The van der Waals surface area contributed by atoms with Crippen molar-refractivity contribution in [2.24, 2.45) is 0 Å². The number of ketones is 1. The van der Waals surface area contributed by atoms with E-state index < -0.39 is 17.7 Å². The lowest BCUT2D eigenvalue weighted by molar-refractivity contribution is -0.139. The van der Waals surface area contributed by atoms with Crippen molar-refractivity contribution in [1.29, 1.82) is 0 Å². The van der Waals surface area contributed by atoms with Gasteiger partial charge in [-0.2, -0.15) is 0 Å². The van der Waals surface area contributed by atoms with E-state index >= 15 is 0 Å². The Labute approximate surface area is 171 Å². The number of ether oxygens (including phenoxy) is 1. The number of hydrogen-bond donors (Lipinski definition) is 1. The number of amides is 1. The van der Waals surface area contributed by atoms with Gasteiger partial charge in [0.25, 0.3) is 11.7 Å². The molecule has 152 valence electrons. The molecule has 3 rings (SSSR count). The minimum atomic E-state index is -0.656. The van der Waals surface area contributed by atoms with Crippen LogP contribution in [0.4, 0.5) is 0 Å². The molecule has 2 aromatic rings. The molecule has 1 heterocycles. The number of aliphatic hydroxyl groups excluding tert-OH is 1. The Balaban J connectivity index is 2.06. The summed E-state index contributed by atoms with van der Waals surface area (Å²) < 4.78 is 5.22. The van der Waals surface area contributed by atoms with Crippen molar-refractivity contribution in [3.63, 3.8) is 0 Å². The van der Waals surface area contributed by atoms with Crippen LogP contribution in [0, 0.1) is 0 Å². The smallest absolute Gasteiger partial charge is 0.295 e. The van der Waals surface area contributed by atoms with Crippen LogP contribution in [0.3, 0.4) is 0 Å². The first kappa shape index (κ1) is 20.6. The first-order valence-electron chi connectivity index (χ1n) is 9.56. The number of rotatable bonds is 7. The van der Waals surface area contributed by atoms with E-state index in [2.05, 4.69) is 0 Å². The van der Waals surface area contributed by atoms with Crippen molar-refractivity contribution < 1.29 is 19.4 Å². The molecule has 1 unspecified atom stereocenters. The SMILES string of the molecule is COc1ccc(C2/C(=C(\O)c3ccccc3)C(=O)C(=O)N2CCCN(C)C)cc1. The van der Waals surface area contributed by atoms with E-state index in [1.165, 1.54) is 0 Å². The fraction of sp³-hybridized carbons (Fsp3) is 0.304. The number of carbonyl (C=O) groups excluding carboxylic acids is 2.